The Morgan fingerprint density at radius 1 is 1.00 bits per heavy atom. The molecular formula is C17H26O3. The van der Waals surface area contributed by atoms with Crippen LogP contribution in [0, 0.1) is 23.7 Å². The maximum Gasteiger partial charge on any atom is 0.134 e. The Balaban J connectivity index is 3.84. The van der Waals surface area contributed by atoms with Crippen LogP contribution in [-0.4, -0.2) is 33.6 Å². The molecular weight excluding hydrogens is 252 g/mol. The van der Waals surface area contributed by atoms with E-state index in [9.17, 15) is 10.2 Å². The van der Waals surface area contributed by atoms with E-state index < -0.39 is 18.3 Å². The lowest BCUT2D eigenvalue weighted by molar-refractivity contribution is 0.0165. The van der Waals surface area contributed by atoms with Crippen molar-refractivity contribution in [3.05, 3.63) is 12.7 Å². The summed E-state index contributed by atoms with van der Waals surface area (Å²) in [6.45, 7) is 5.55. The van der Waals surface area contributed by atoms with Crippen molar-refractivity contribution in [1.29, 1.82) is 0 Å². The zero-order valence-corrected chi connectivity index (χ0v) is 12.3. The molecule has 0 aliphatic rings. The number of aliphatic hydroxyl groups is 3. The summed E-state index contributed by atoms with van der Waals surface area (Å²) in [6, 6.07) is 0. The average molecular weight is 278 g/mol. The number of unbranched alkanes of at least 4 members (excludes halogenated alkanes) is 4. The summed E-state index contributed by atoms with van der Waals surface area (Å²) in [7, 11) is 0. The molecule has 3 atom stereocenters. The lowest BCUT2D eigenvalue weighted by atomic mass is 10.0. The first kappa shape index (κ1) is 18.7. The summed E-state index contributed by atoms with van der Waals surface area (Å²) in [6.07, 6.45) is 5.29. The SMILES string of the molecule is C=C[C@@H](O)C#CC#CC[C@H](O)[C@H](O)CCCCCCC. The molecule has 0 saturated carbocycles. The highest BCUT2D eigenvalue weighted by atomic mass is 16.3. The second-order valence-electron chi connectivity index (χ2n) is 4.79. The highest BCUT2D eigenvalue weighted by Gasteiger charge is 2.14. The van der Waals surface area contributed by atoms with Gasteiger partial charge in [-0.1, -0.05) is 63.5 Å². The van der Waals surface area contributed by atoms with Crippen molar-refractivity contribution in [2.24, 2.45) is 0 Å². The van der Waals surface area contributed by atoms with E-state index in [4.69, 9.17) is 5.11 Å². The predicted octanol–water partition coefficient (Wildman–Crippen LogP) is 2.01. The van der Waals surface area contributed by atoms with E-state index in [0.717, 1.165) is 12.8 Å². The fourth-order valence-corrected chi connectivity index (χ4v) is 1.65. The van der Waals surface area contributed by atoms with Crippen molar-refractivity contribution in [3.63, 3.8) is 0 Å². The Bertz CT molecular complexity index is 367. The van der Waals surface area contributed by atoms with E-state index in [1.807, 2.05) is 0 Å². The maximum atomic E-state index is 9.75. The van der Waals surface area contributed by atoms with Crippen LogP contribution in [0.2, 0.25) is 0 Å². The highest BCUT2D eigenvalue weighted by molar-refractivity contribution is 5.28. The largest absolute Gasteiger partial charge is 0.390 e. The zero-order chi connectivity index (χ0) is 15.2. The van der Waals surface area contributed by atoms with Crippen molar-refractivity contribution in [2.75, 3.05) is 0 Å². The lowest BCUT2D eigenvalue weighted by Crippen LogP contribution is -2.25. The van der Waals surface area contributed by atoms with Gasteiger partial charge in [0.05, 0.1) is 12.2 Å². The van der Waals surface area contributed by atoms with Gasteiger partial charge in [-0.25, -0.2) is 0 Å². The Morgan fingerprint density at radius 2 is 1.70 bits per heavy atom. The monoisotopic (exact) mass is 278 g/mol. The van der Waals surface area contributed by atoms with Crippen LogP contribution < -0.4 is 0 Å². The van der Waals surface area contributed by atoms with Crippen LogP contribution in [0.15, 0.2) is 12.7 Å². The van der Waals surface area contributed by atoms with Crippen LogP contribution >= 0.6 is 0 Å². The van der Waals surface area contributed by atoms with Crippen LogP contribution in [0.3, 0.4) is 0 Å². The first-order valence-corrected chi connectivity index (χ1v) is 7.27. The normalized spacial score (nSPS) is 14.2. The summed E-state index contributed by atoms with van der Waals surface area (Å²) in [4.78, 5) is 0. The van der Waals surface area contributed by atoms with E-state index in [2.05, 4.69) is 37.2 Å². The third-order valence-electron chi connectivity index (χ3n) is 2.95. The average Bonchev–Trinajstić information content (AvgIpc) is 2.45. The summed E-state index contributed by atoms with van der Waals surface area (Å²) in [5.41, 5.74) is 0. The quantitative estimate of drug-likeness (QED) is 0.343. The molecule has 0 heterocycles. The predicted molar refractivity (Wildman–Crippen MR) is 81.8 cm³/mol. The van der Waals surface area contributed by atoms with Crippen LogP contribution in [0.4, 0.5) is 0 Å². The lowest BCUT2D eigenvalue weighted by Gasteiger charge is -2.15. The molecule has 0 aliphatic heterocycles. The third kappa shape index (κ3) is 10.6. The van der Waals surface area contributed by atoms with Gasteiger partial charge in [0, 0.05) is 6.42 Å². The number of hydrogen-bond acceptors (Lipinski definition) is 3. The van der Waals surface area contributed by atoms with Crippen molar-refractivity contribution >= 4 is 0 Å². The first-order valence-electron chi connectivity index (χ1n) is 7.27. The Morgan fingerprint density at radius 3 is 2.35 bits per heavy atom. The standard InChI is InChI=1S/C17H26O3/c1-3-5-6-7-10-13-16(19)17(20)14-11-8-9-12-15(18)4-2/h4,15-20H,2-3,5-7,10,13-14H2,1H3/t15-,16-,17+/m1/s1. The minimum Gasteiger partial charge on any atom is -0.390 e. The minimum atomic E-state index is -0.872. The number of aliphatic hydroxyl groups excluding tert-OH is 3. The molecule has 20 heavy (non-hydrogen) atoms. The van der Waals surface area contributed by atoms with Gasteiger partial charge < -0.3 is 15.3 Å². The Kier molecular flexibility index (Phi) is 12.0. The molecule has 0 unspecified atom stereocenters. The van der Waals surface area contributed by atoms with Gasteiger partial charge in [-0.2, -0.15) is 0 Å². The molecule has 0 rings (SSSR count). The summed E-state index contributed by atoms with van der Waals surface area (Å²) in [5.74, 6) is 10.1. The maximum absolute atomic E-state index is 9.75. The molecule has 0 amide bonds. The molecule has 3 heteroatoms. The van der Waals surface area contributed by atoms with Crippen LogP contribution in [-0.2, 0) is 0 Å². The van der Waals surface area contributed by atoms with Crippen LogP contribution in [0.5, 0.6) is 0 Å². The smallest absolute Gasteiger partial charge is 0.134 e. The van der Waals surface area contributed by atoms with Gasteiger partial charge in [0.25, 0.3) is 0 Å². The second kappa shape index (κ2) is 12.8. The summed E-state index contributed by atoms with van der Waals surface area (Å²) >= 11 is 0. The van der Waals surface area contributed by atoms with Crippen LogP contribution in [0.25, 0.3) is 0 Å². The van der Waals surface area contributed by atoms with Crippen molar-refractivity contribution in [1.82, 2.24) is 0 Å². The summed E-state index contributed by atoms with van der Waals surface area (Å²) < 4.78 is 0. The third-order valence-corrected chi connectivity index (χ3v) is 2.95. The molecule has 0 radical (unpaired) electrons. The van der Waals surface area contributed by atoms with E-state index in [1.165, 1.54) is 25.3 Å². The molecule has 3 N–H and O–H groups in total. The fraction of sp³-hybridized carbons (Fsp3) is 0.647. The van der Waals surface area contributed by atoms with E-state index >= 15 is 0 Å². The van der Waals surface area contributed by atoms with Gasteiger partial charge >= 0.3 is 0 Å². The molecule has 0 aromatic rings. The molecule has 0 aliphatic carbocycles. The van der Waals surface area contributed by atoms with E-state index in [1.54, 1.807) is 0 Å². The molecule has 112 valence electrons. The van der Waals surface area contributed by atoms with Crippen LogP contribution in [0.1, 0.15) is 51.9 Å². The van der Waals surface area contributed by atoms with Crippen molar-refractivity contribution in [2.45, 2.75) is 70.2 Å². The number of hydrogen-bond donors (Lipinski definition) is 3. The highest BCUT2D eigenvalue weighted by Crippen LogP contribution is 2.10. The topological polar surface area (TPSA) is 60.7 Å². The molecule has 0 aromatic heterocycles. The van der Waals surface area contributed by atoms with E-state index in [0.29, 0.717) is 6.42 Å². The minimum absolute atomic E-state index is 0.189. The summed E-state index contributed by atoms with van der Waals surface area (Å²) in [5, 5.41) is 28.5. The number of rotatable bonds is 9. The molecule has 0 spiro atoms. The van der Waals surface area contributed by atoms with E-state index in [-0.39, 0.29) is 6.42 Å². The molecule has 0 aromatic carbocycles. The van der Waals surface area contributed by atoms with Crippen molar-refractivity contribution < 1.29 is 15.3 Å². The van der Waals surface area contributed by atoms with Gasteiger partial charge in [0.15, 0.2) is 0 Å². The first-order chi connectivity index (χ1) is 9.61. The fourth-order valence-electron chi connectivity index (χ4n) is 1.65. The van der Waals surface area contributed by atoms with Crippen molar-refractivity contribution in [3.8, 4) is 23.7 Å². The Labute approximate surface area is 122 Å². The molecule has 0 bridgehead atoms. The van der Waals surface area contributed by atoms with Gasteiger partial charge in [0.1, 0.15) is 6.10 Å². The van der Waals surface area contributed by atoms with Gasteiger partial charge in [0.2, 0.25) is 0 Å². The van der Waals surface area contributed by atoms with Gasteiger partial charge in [-0.05, 0) is 18.3 Å². The Hall–Kier alpha value is -1.26. The molecule has 3 nitrogen and oxygen atoms in total. The van der Waals surface area contributed by atoms with Gasteiger partial charge in [-0.15, -0.1) is 0 Å². The zero-order valence-electron chi connectivity index (χ0n) is 12.3. The molecule has 0 saturated heterocycles. The second-order valence-corrected chi connectivity index (χ2v) is 4.79. The molecule has 0 fully saturated rings. The van der Waals surface area contributed by atoms with Gasteiger partial charge in [-0.3, -0.25) is 0 Å².